The van der Waals surface area contributed by atoms with Gasteiger partial charge in [0.05, 0.1) is 19.1 Å². The van der Waals surface area contributed by atoms with Gasteiger partial charge in [-0.15, -0.1) is 0 Å². The number of ether oxygens (including phenoxy) is 1. The number of carbonyl (C=O) groups excluding carboxylic acids is 2. The van der Waals surface area contributed by atoms with E-state index in [1.54, 1.807) is 37.3 Å². The van der Waals surface area contributed by atoms with Crippen molar-refractivity contribution in [2.24, 2.45) is 0 Å². The van der Waals surface area contributed by atoms with Gasteiger partial charge in [0.2, 0.25) is 21.8 Å². The van der Waals surface area contributed by atoms with Crippen molar-refractivity contribution in [1.29, 1.82) is 0 Å². The predicted octanol–water partition coefficient (Wildman–Crippen LogP) is 4.49. The summed E-state index contributed by atoms with van der Waals surface area (Å²) < 4.78 is 31.8. The van der Waals surface area contributed by atoms with Crippen molar-refractivity contribution < 1.29 is 22.7 Å². The average Bonchev–Trinajstić information content (AvgIpc) is 2.76. The van der Waals surface area contributed by atoms with Crippen LogP contribution >= 0.6 is 23.2 Å². The van der Waals surface area contributed by atoms with Crippen LogP contribution in [0.25, 0.3) is 0 Å². The lowest BCUT2D eigenvalue weighted by Crippen LogP contribution is -2.55. The summed E-state index contributed by atoms with van der Waals surface area (Å²) >= 11 is 12.1. The highest BCUT2D eigenvalue weighted by Crippen LogP contribution is 2.33. The minimum absolute atomic E-state index is 0.0797. The van der Waals surface area contributed by atoms with E-state index < -0.39 is 34.1 Å². The van der Waals surface area contributed by atoms with E-state index in [4.69, 9.17) is 27.9 Å². The standard InChI is InChI=1S/C25H33Cl2N3O5S/c1-7-20(24(32)28-25(2,3)4)29(15-17-8-10-18(26)11-9-17)23(31)16-30(36(6,33)34)21-14-19(27)12-13-22(21)35-5/h8-14,20H,7,15-16H2,1-6H3,(H,28,32)/t20-/m1/s1. The molecule has 0 spiro atoms. The largest absolute Gasteiger partial charge is 0.495 e. The molecule has 0 aliphatic heterocycles. The summed E-state index contributed by atoms with van der Waals surface area (Å²) in [5, 5.41) is 3.73. The van der Waals surface area contributed by atoms with Gasteiger partial charge in [0.1, 0.15) is 18.3 Å². The van der Waals surface area contributed by atoms with Crippen LogP contribution < -0.4 is 14.4 Å². The van der Waals surface area contributed by atoms with Gasteiger partial charge in [-0.3, -0.25) is 13.9 Å². The summed E-state index contributed by atoms with van der Waals surface area (Å²) in [6.45, 7) is 6.86. The van der Waals surface area contributed by atoms with E-state index in [1.807, 2.05) is 20.8 Å². The van der Waals surface area contributed by atoms with Gasteiger partial charge in [-0.1, -0.05) is 42.3 Å². The molecule has 198 valence electrons. The number of methoxy groups -OCH3 is 1. The van der Waals surface area contributed by atoms with Gasteiger partial charge < -0.3 is 15.0 Å². The molecule has 0 radical (unpaired) electrons. The minimum Gasteiger partial charge on any atom is -0.495 e. The van der Waals surface area contributed by atoms with Gasteiger partial charge in [-0.25, -0.2) is 8.42 Å². The Morgan fingerprint density at radius 1 is 1.06 bits per heavy atom. The van der Waals surface area contributed by atoms with Crippen molar-refractivity contribution in [2.45, 2.75) is 52.2 Å². The second-order valence-corrected chi connectivity index (χ2v) is 12.2. The molecule has 0 fully saturated rings. The van der Waals surface area contributed by atoms with Gasteiger partial charge in [0.25, 0.3) is 0 Å². The number of rotatable bonds is 10. The fourth-order valence-corrected chi connectivity index (χ4v) is 4.75. The van der Waals surface area contributed by atoms with Crippen LogP contribution in [-0.4, -0.2) is 56.6 Å². The van der Waals surface area contributed by atoms with Crippen molar-refractivity contribution in [2.75, 3.05) is 24.2 Å². The lowest BCUT2D eigenvalue weighted by Gasteiger charge is -2.34. The molecular weight excluding hydrogens is 525 g/mol. The van der Waals surface area contributed by atoms with Crippen molar-refractivity contribution in [3.05, 3.63) is 58.1 Å². The molecule has 0 aliphatic carbocycles. The van der Waals surface area contributed by atoms with E-state index in [9.17, 15) is 18.0 Å². The van der Waals surface area contributed by atoms with Crippen LogP contribution in [0.15, 0.2) is 42.5 Å². The summed E-state index contributed by atoms with van der Waals surface area (Å²) in [6, 6.07) is 10.6. The molecule has 11 heteroatoms. The Morgan fingerprint density at radius 3 is 2.14 bits per heavy atom. The Bertz CT molecular complexity index is 1180. The average molecular weight is 559 g/mol. The Hall–Kier alpha value is -2.49. The summed E-state index contributed by atoms with van der Waals surface area (Å²) in [5.74, 6) is -0.661. The number of hydrogen-bond acceptors (Lipinski definition) is 5. The van der Waals surface area contributed by atoms with Gasteiger partial charge in [0, 0.05) is 22.1 Å². The highest BCUT2D eigenvalue weighted by Gasteiger charge is 2.33. The zero-order valence-corrected chi connectivity index (χ0v) is 23.7. The number of amides is 2. The van der Waals surface area contributed by atoms with E-state index in [1.165, 1.54) is 24.1 Å². The first-order valence-electron chi connectivity index (χ1n) is 11.3. The fraction of sp³-hybridized carbons (Fsp3) is 0.440. The highest BCUT2D eigenvalue weighted by atomic mass is 35.5. The zero-order valence-electron chi connectivity index (χ0n) is 21.3. The quantitative estimate of drug-likeness (QED) is 0.464. The number of benzene rings is 2. The molecule has 2 amide bonds. The van der Waals surface area contributed by atoms with Crippen LogP contribution in [0.2, 0.25) is 10.0 Å². The lowest BCUT2D eigenvalue weighted by atomic mass is 10.1. The molecule has 0 unspecified atom stereocenters. The summed E-state index contributed by atoms with van der Waals surface area (Å²) in [7, 11) is -2.53. The normalized spacial score (nSPS) is 12.6. The predicted molar refractivity (Wildman–Crippen MR) is 144 cm³/mol. The highest BCUT2D eigenvalue weighted by molar-refractivity contribution is 7.92. The number of sulfonamides is 1. The maximum absolute atomic E-state index is 13.7. The molecule has 2 aromatic rings. The van der Waals surface area contributed by atoms with E-state index in [0.717, 1.165) is 16.1 Å². The lowest BCUT2D eigenvalue weighted by molar-refractivity contribution is -0.141. The molecule has 8 nitrogen and oxygen atoms in total. The molecule has 0 saturated carbocycles. The van der Waals surface area contributed by atoms with E-state index >= 15 is 0 Å². The Kier molecular flexibility index (Phi) is 10.0. The third-order valence-electron chi connectivity index (χ3n) is 5.24. The Morgan fingerprint density at radius 2 is 1.64 bits per heavy atom. The van der Waals surface area contributed by atoms with Gasteiger partial charge in [-0.05, 0) is 63.1 Å². The first-order valence-corrected chi connectivity index (χ1v) is 13.9. The number of nitrogens with zero attached hydrogens (tertiary/aromatic N) is 2. The van der Waals surface area contributed by atoms with E-state index in [0.29, 0.717) is 11.4 Å². The van der Waals surface area contributed by atoms with Crippen LogP contribution in [0.1, 0.15) is 39.7 Å². The number of carbonyl (C=O) groups is 2. The van der Waals surface area contributed by atoms with Gasteiger partial charge >= 0.3 is 0 Å². The van der Waals surface area contributed by atoms with Crippen molar-refractivity contribution >= 4 is 50.7 Å². The maximum atomic E-state index is 13.7. The summed E-state index contributed by atoms with van der Waals surface area (Å²) in [4.78, 5) is 28.3. The zero-order chi connectivity index (χ0) is 27.3. The minimum atomic E-state index is -3.93. The summed E-state index contributed by atoms with van der Waals surface area (Å²) in [6.07, 6.45) is 1.31. The molecule has 2 rings (SSSR count). The SMILES string of the molecule is CC[C@H](C(=O)NC(C)(C)C)N(Cc1ccc(Cl)cc1)C(=O)CN(c1cc(Cl)ccc1OC)S(C)(=O)=O. The van der Waals surface area contributed by atoms with Gasteiger partial charge in [0.15, 0.2) is 0 Å². The molecule has 0 aromatic heterocycles. The Labute approximate surface area is 223 Å². The van der Waals surface area contributed by atoms with E-state index in [-0.39, 0.29) is 28.9 Å². The second-order valence-electron chi connectivity index (χ2n) is 9.40. The molecule has 2 aromatic carbocycles. The van der Waals surface area contributed by atoms with Crippen LogP contribution in [0.4, 0.5) is 5.69 Å². The first kappa shape index (κ1) is 29.7. The number of anilines is 1. The molecule has 0 aliphatic rings. The third-order valence-corrected chi connectivity index (χ3v) is 6.85. The number of hydrogen-bond donors (Lipinski definition) is 1. The molecule has 0 saturated heterocycles. The second kappa shape index (κ2) is 12.2. The molecule has 1 N–H and O–H groups in total. The molecule has 1 atom stereocenters. The first-order chi connectivity index (χ1) is 16.7. The fourth-order valence-electron chi connectivity index (χ4n) is 3.61. The van der Waals surface area contributed by atoms with Crippen molar-refractivity contribution in [1.82, 2.24) is 10.2 Å². The number of nitrogens with one attached hydrogen (secondary N) is 1. The molecular formula is C25H33Cl2N3O5S. The molecule has 0 heterocycles. The van der Waals surface area contributed by atoms with E-state index in [2.05, 4.69) is 5.32 Å². The topological polar surface area (TPSA) is 96.0 Å². The smallest absolute Gasteiger partial charge is 0.244 e. The van der Waals surface area contributed by atoms with Crippen molar-refractivity contribution in [3.8, 4) is 5.75 Å². The monoisotopic (exact) mass is 557 g/mol. The van der Waals surface area contributed by atoms with Crippen LogP contribution in [0.3, 0.4) is 0 Å². The third kappa shape index (κ3) is 8.28. The number of halogens is 2. The Balaban J connectivity index is 2.52. The molecule has 0 bridgehead atoms. The summed E-state index contributed by atoms with van der Waals surface area (Å²) in [5.41, 5.74) is 0.340. The van der Waals surface area contributed by atoms with Crippen LogP contribution in [-0.2, 0) is 26.2 Å². The van der Waals surface area contributed by atoms with Crippen LogP contribution in [0.5, 0.6) is 5.75 Å². The maximum Gasteiger partial charge on any atom is 0.244 e. The van der Waals surface area contributed by atoms with Crippen LogP contribution in [0, 0.1) is 0 Å². The van der Waals surface area contributed by atoms with Gasteiger partial charge in [-0.2, -0.15) is 0 Å². The van der Waals surface area contributed by atoms with Crippen molar-refractivity contribution in [3.63, 3.8) is 0 Å². The molecule has 36 heavy (non-hydrogen) atoms.